The number of carbonyl (C=O) groups is 4. The average molecular weight is 389 g/mol. The van der Waals surface area contributed by atoms with Crippen molar-refractivity contribution in [2.24, 2.45) is 0 Å². The van der Waals surface area contributed by atoms with Crippen molar-refractivity contribution in [3.8, 4) is 0 Å². The Kier molecular flexibility index (Phi) is 5.87. The first-order valence-corrected chi connectivity index (χ1v) is 7.96. The summed E-state index contributed by atoms with van der Waals surface area (Å²) >= 11 is 0. The third kappa shape index (κ3) is 2.90. The summed E-state index contributed by atoms with van der Waals surface area (Å²) < 4.78 is 19.2. The van der Waals surface area contributed by atoms with E-state index in [4.69, 9.17) is 18.9 Å². The van der Waals surface area contributed by atoms with Crippen LogP contribution in [0.4, 0.5) is 0 Å². The van der Waals surface area contributed by atoms with Gasteiger partial charge in [-0.3, -0.25) is 0 Å². The summed E-state index contributed by atoms with van der Waals surface area (Å²) in [5.41, 5.74) is -3.04. The maximum atomic E-state index is 12.7. The molecule has 2 rings (SSSR count). The third-order valence-corrected chi connectivity index (χ3v) is 4.33. The van der Waals surface area contributed by atoms with Crippen LogP contribution < -0.4 is 0 Å². The first-order valence-electron chi connectivity index (χ1n) is 7.96. The highest BCUT2D eigenvalue weighted by Crippen LogP contribution is 2.44. The van der Waals surface area contributed by atoms with E-state index >= 15 is 0 Å². The molecular formula is C19H19NO8. The minimum atomic E-state index is -1.51. The van der Waals surface area contributed by atoms with Crippen molar-refractivity contribution in [1.82, 2.24) is 4.90 Å². The van der Waals surface area contributed by atoms with E-state index in [-0.39, 0.29) is 11.3 Å². The van der Waals surface area contributed by atoms with Crippen LogP contribution in [-0.2, 0) is 38.1 Å². The lowest BCUT2D eigenvalue weighted by atomic mass is 9.76. The van der Waals surface area contributed by atoms with Crippen LogP contribution in [-0.4, -0.2) is 62.8 Å². The molecule has 0 amide bonds. The van der Waals surface area contributed by atoms with Crippen molar-refractivity contribution in [1.29, 1.82) is 0 Å². The molecule has 0 N–H and O–H groups in total. The molecule has 0 saturated heterocycles. The molecule has 28 heavy (non-hydrogen) atoms. The molecule has 0 spiro atoms. The zero-order valence-electron chi connectivity index (χ0n) is 15.8. The lowest BCUT2D eigenvalue weighted by molar-refractivity contribution is -0.143. The van der Waals surface area contributed by atoms with E-state index in [1.807, 2.05) is 0 Å². The van der Waals surface area contributed by atoms with E-state index in [0.29, 0.717) is 0 Å². The Morgan fingerprint density at radius 1 is 0.857 bits per heavy atom. The van der Waals surface area contributed by atoms with Gasteiger partial charge in [0.15, 0.2) is 0 Å². The van der Waals surface area contributed by atoms with Crippen LogP contribution in [0.3, 0.4) is 0 Å². The van der Waals surface area contributed by atoms with Gasteiger partial charge in [0.05, 0.1) is 39.6 Å². The zero-order valence-corrected chi connectivity index (χ0v) is 15.8. The molecule has 0 unspecified atom stereocenters. The van der Waals surface area contributed by atoms with Crippen LogP contribution in [0.2, 0.25) is 0 Å². The van der Waals surface area contributed by atoms with Gasteiger partial charge in [0.1, 0.15) is 16.8 Å². The Morgan fingerprint density at radius 3 is 1.89 bits per heavy atom. The van der Waals surface area contributed by atoms with Crippen molar-refractivity contribution in [2.75, 3.05) is 28.4 Å². The van der Waals surface area contributed by atoms with Crippen molar-refractivity contribution in [2.45, 2.75) is 5.54 Å². The van der Waals surface area contributed by atoms with E-state index < -0.39 is 40.6 Å². The summed E-state index contributed by atoms with van der Waals surface area (Å²) in [6.45, 7) is 3.74. The number of nitrogens with zero attached hydrogens (tertiary/aromatic N) is 1. The second kappa shape index (κ2) is 7.95. The van der Waals surface area contributed by atoms with Crippen molar-refractivity contribution >= 4 is 23.9 Å². The molecule has 9 nitrogen and oxygen atoms in total. The average Bonchev–Trinajstić information content (AvgIpc) is 2.74. The number of fused-ring (bicyclic) bond motifs is 1. The standard InChI is InChI=1S/C19H19NO8/c1-6-19-9-7-8-10-20(19)14(18(24)28-5)12(16(22)26-3)11(15(21)25-2)13(19)17(23)27-4/h6-10H,1H2,2-5H3/t19-/m0/s1. The van der Waals surface area contributed by atoms with Gasteiger partial charge < -0.3 is 23.8 Å². The van der Waals surface area contributed by atoms with Crippen LogP contribution in [0.1, 0.15) is 0 Å². The molecule has 0 aromatic carbocycles. The third-order valence-electron chi connectivity index (χ3n) is 4.33. The van der Waals surface area contributed by atoms with Gasteiger partial charge in [-0.15, -0.1) is 6.58 Å². The van der Waals surface area contributed by atoms with Gasteiger partial charge in [0.2, 0.25) is 0 Å². The topological polar surface area (TPSA) is 108 Å². The Morgan fingerprint density at radius 2 is 1.39 bits per heavy atom. The first kappa shape index (κ1) is 20.7. The lowest BCUT2D eigenvalue weighted by Gasteiger charge is -2.45. The molecule has 0 radical (unpaired) electrons. The molecule has 2 heterocycles. The number of hydrogen-bond donors (Lipinski definition) is 0. The summed E-state index contributed by atoms with van der Waals surface area (Å²) in [6.07, 6.45) is 7.45. The maximum Gasteiger partial charge on any atom is 0.355 e. The predicted octanol–water partition coefficient (Wildman–Crippen LogP) is 0.553. The number of methoxy groups -OCH3 is 4. The molecule has 2 aliphatic heterocycles. The van der Waals surface area contributed by atoms with Gasteiger partial charge in [0.25, 0.3) is 0 Å². The molecule has 0 aromatic rings. The van der Waals surface area contributed by atoms with Crippen molar-refractivity contribution in [3.63, 3.8) is 0 Å². The van der Waals surface area contributed by atoms with E-state index in [2.05, 4.69) is 6.58 Å². The number of ether oxygens (including phenoxy) is 4. The number of allylic oxidation sites excluding steroid dienone is 2. The summed E-state index contributed by atoms with van der Waals surface area (Å²) in [5.74, 6) is -3.93. The van der Waals surface area contributed by atoms with Gasteiger partial charge in [-0.05, 0) is 12.2 Å². The molecule has 0 bridgehead atoms. The second-order valence-corrected chi connectivity index (χ2v) is 5.54. The van der Waals surface area contributed by atoms with E-state index in [1.54, 1.807) is 12.2 Å². The largest absolute Gasteiger partial charge is 0.466 e. The fourth-order valence-corrected chi connectivity index (χ4v) is 3.11. The zero-order chi connectivity index (χ0) is 21.1. The molecule has 0 aliphatic carbocycles. The van der Waals surface area contributed by atoms with Gasteiger partial charge >= 0.3 is 23.9 Å². The number of carbonyl (C=O) groups excluding carboxylic acids is 4. The highest BCUT2D eigenvalue weighted by molar-refractivity contribution is 6.17. The molecule has 1 atom stereocenters. The Balaban J connectivity index is 3.11. The molecule has 0 aromatic heterocycles. The Labute approximate surface area is 161 Å². The first-order chi connectivity index (χ1) is 13.3. The molecule has 2 aliphatic rings. The monoisotopic (exact) mass is 389 g/mol. The highest BCUT2D eigenvalue weighted by Gasteiger charge is 2.52. The molecular weight excluding hydrogens is 370 g/mol. The van der Waals surface area contributed by atoms with Crippen LogP contribution >= 0.6 is 0 Å². The van der Waals surface area contributed by atoms with Crippen LogP contribution in [0.15, 0.2) is 59.5 Å². The fraction of sp³-hybridized carbons (Fsp3) is 0.263. The Bertz CT molecular complexity index is 876. The van der Waals surface area contributed by atoms with Crippen LogP contribution in [0, 0.1) is 0 Å². The molecule has 0 fully saturated rings. The predicted molar refractivity (Wildman–Crippen MR) is 95.2 cm³/mol. The minimum absolute atomic E-state index is 0.259. The smallest absolute Gasteiger partial charge is 0.355 e. The van der Waals surface area contributed by atoms with Crippen LogP contribution in [0.5, 0.6) is 0 Å². The maximum absolute atomic E-state index is 12.7. The van der Waals surface area contributed by atoms with Crippen molar-refractivity contribution in [3.05, 3.63) is 59.5 Å². The van der Waals surface area contributed by atoms with E-state index in [9.17, 15) is 19.2 Å². The van der Waals surface area contributed by atoms with E-state index in [1.165, 1.54) is 23.3 Å². The van der Waals surface area contributed by atoms with Crippen molar-refractivity contribution < 1.29 is 38.1 Å². The summed E-state index contributed by atoms with van der Waals surface area (Å²) in [6, 6.07) is 0. The summed E-state index contributed by atoms with van der Waals surface area (Å²) in [4.78, 5) is 51.8. The lowest BCUT2D eigenvalue weighted by Crippen LogP contribution is -2.53. The minimum Gasteiger partial charge on any atom is -0.466 e. The van der Waals surface area contributed by atoms with E-state index in [0.717, 1.165) is 28.4 Å². The second-order valence-electron chi connectivity index (χ2n) is 5.54. The summed E-state index contributed by atoms with van der Waals surface area (Å²) in [7, 11) is 4.37. The number of rotatable bonds is 5. The number of esters is 4. The molecule has 9 heteroatoms. The van der Waals surface area contributed by atoms with Gasteiger partial charge in [-0.1, -0.05) is 12.2 Å². The summed E-state index contributed by atoms with van der Waals surface area (Å²) in [5, 5.41) is 0. The Hall–Kier alpha value is -3.62. The van der Waals surface area contributed by atoms with Gasteiger partial charge in [-0.25, -0.2) is 19.2 Å². The quantitative estimate of drug-likeness (QED) is 0.378. The van der Waals surface area contributed by atoms with Crippen LogP contribution in [0.25, 0.3) is 0 Å². The SMILES string of the molecule is C=C[C@@]12C=CC=CN1C(C(=O)OC)=C(C(=O)OC)C(C(=O)OC)=C2C(=O)OC. The van der Waals surface area contributed by atoms with Gasteiger partial charge in [0, 0.05) is 6.20 Å². The number of hydrogen-bond acceptors (Lipinski definition) is 9. The van der Waals surface area contributed by atoms with Gasteiger partial charge in [-0.2, -0.15) is 0 Å². The molecule has 148 valence electrons. The normalized spacial score (nSPS) is 20.4. The molecule has 0 saturated carbocycles. The fourth-order valence-electron chi connectivity index (χ4n) is 3.11. The highest BCUT2D eigenvalue weighted by atomic mass is 16.5.